The summed E-state index contributed by atoms with van der Waals surface area (Å²) in [5.41, 5.74) is 4.20. The van der Waals surface area contributed by atoms with Crippen LogP contribution in [0.4, 0.5) is 5.69 Å². The van der Waals surface area contributed by atoms with Gasteiger partial charge in [-0.3, -0.25) is 14.5 Å². The second-order valence-corrected chi connectivity index (χ2v) is 7.75. The third-order valence-electron chi connectivity index (χ3n) is 5.57. The fourth-order valence-corrected chi connectivity index (χ4v) is 3.71. The van der Waals surface area contributed by atoms with Crippen LogP contribution in [0.25, 0.3) is 5.76 Å². The van der Waals surface area contributed by atoms with Crippen LogP contribution in [0.5, 0.6) is 0 Å². The van der Waals surface area contributed by atoms with Crippen molar-refractivity contribution in [1.82, 2.24) is 0 Å². The van der Waals surface area contributed by atoms with Gasteiger partial charge in [0.1, 0.15) is 23.3 Å². The molecule has 2 aromatic carbocycles. The molecule has 5 heteroatoms. The molecule has 1 amide bonds. The highest BCUT2D eigenvalue weighted by atomic mass is 16.3. The van der Waals surface area contributed by atoms with Crippen molar-refractivity contribution in [2.24, 2.45) is 0 Å². The largest absolute Gasteiger partial charge is 0.507 e. The van der Waals surface area contributed by atoms with E-state index in [0.29, 0.717) is 22.8 Å². The van der Waals surface area contributed by atoms with Crippen LogP contribution in [0.2, 0.25) is 0 Å². The van der Waals surface area contributed by atoms with Gasteiger partial charge in [-0.25, -0.2) is 0 Å². The summed E-state index contributed by atoms with van der Waals surface area (Å²) >= 11 is 0. The molecule has 1 atom stereocenters. The van der Waals surface area contributed by atoms with Gasteiger partial charge in [0, 0.05) is 11.3 Å². The summed E-state index contributed by atoms with van der Waals surface area (Å²) in [5.74, 6) is -0.542. The molecule has 0 bridgehead atoms. The molecule has 152 valence electrons. The first-order valence-corrected chi connectivity index (χ1v) is 9.79. The maximum atomic E-state index is 13.1. The summed E-state index contributed by atoms with van der Waals surface area (Å²) in [6, 6.07) is 15.4. The second-order valence-electron chi connectivity index (χ2n) is 7.75. The zero-order chi connectivity index (χ0) is 21.6. The van der Waals surface area contributed by atoms with Crippen LogP contribution < -0.4 is 4.90 Å². The molecule has 1 unspecified atom stereocenters. The number of hydrogen-bond donors (Lipinski definition) is 1. The summed E-state index contributed by atoms with van der Waals surface area (Å²) in [6.07, 6.45) is 0. The number of Topliss-reactive ketones (excluding diaryl/α,β-unsaturated/α-hetero) is 1. The maximum Gasteiger partial charge on any atom is 0.300 e. The van der Waals surface area contributed by atoms with Gasteiger partial charge in [-0.05, 0) is 63.1 Å². The molecule has 30 heavy (non-hydrogen) atoms. The molecule has 3 aromatic rings. The van der Waals surface area contributed by atoms with Crippen molar-refractivity contribution in [3.8, 4) is 0 Å². The molecule has 4 rings (SSSR count). The van der Waals surface area contributed by atoms with Crippen LogP contribution in [0.15, 0.2) is 64.6 Å². The molecule has 0 aliphatic carbocycles. The van der Waals surface area contributed by atoms with Gasteiger partial charge in [0.15, 0.2) is 0 Å². The molecule has 0 saturated carbocycles. The Labute approximate surface area is 175 Å². The van der Waals surface area contributed by atoms with E-state index in [2.05, 4.69) is 0 Å². The third kappa shape index (κ3) is 3.22. The number of carbonyl (C=O) groups excluding carboxylic acids is 2. The number of amides is 1. The lowest BCUT2D eigenvalue weighted by atomic mass is 9.98. The highest BCUT2D eigenvalue weighted by molar-refractivity contribution is 6.51. The normalized spacial score (nSPS) is 18.3. The quantitative estimate of drug-likeness (QED) is 0.375. The number of aliphatic hydroxyl groups is 1. The van der Waals surface area contributed by atoms with E-state index in [1.165, 1.54) is 4.90 Å². The Morgan fingerprint density at radius 3 is 2.20 bits per heavy atom. The van der Waals surface area contributed by atoms with Gasteiger partial charge in [0.2, 0.25) is 0 Å². The number of furan rings is 1. The number of aliphatic hydroxyl groups excluding tert-OH is 1. The number of anilines is 1. The van der Waals surface area contributed by atoms with E-state index < -0.39 is 17.7 Å². The van der Waals surface area contributed by atoms with Crippen molar-refractivity contribution >= 4 is 23.1 Å². The first-order chi connectivity index (χ1) is 14.3. The van der Waals surface area contributed by atoms with Crippen LogP contribution in [-0.4, -0.2) is 16.8 Å². The summed E-state index contributed by atoms with van der Waals surface area (Å²) < 4.78 is 5.81. The van der Waals surface area contributed by atoms with Crippen molar-refractivity contribution in [2.45, 2.75) is 33.7 Å². The van der Waals surface area contributed by atoms with Crippen molar-refractivity contribution in [1.29, 1.82) is 0 Å². The van der Waals surface area contributed by atoms with Gasteiger partial charge in [0.05, 0.1) is 5.57 Å². The molecular formula is C25H23NO4. The van der Waals surface area contributed by atoms with E-state index in [1.54, 1.807) is 31.2 Å². The van der Waals surface area contributed by atoms with E-state index in [1.807, 2.05) is 51.1 Å². The molecule has 1 saturated heterocycles. The van der Waals surface area contributed by atoms with Gasteiger partial charge in [-0.2, -0.15) is 0 Å². The number of nitrogens with zero attached hydrogens (tertiary/aromatic N) is 1. The van der Waals surface area contributed by atoms with E-state index in [-0.39, 0.29) is 11.3 Å². The van der Waals surface area contributed by atoms with E-state index in [9.17, 15) is 14.7 Å². The standard InChI is InChI=1S/C25H23NO4/c1-14-5-9-18(10-6-14)23(27)21-22(20-12-8-17(4)30-20)26(25(29)24(21)28)19-11-7-15(2)16(3)13-19/h5-13,22,27H,1-4H3/b23-21-. The average molecular weight is 401 g/mol. The molecule has 5 nitrogen and oxygen atoms in total. The van der Waals surface area contributed by atoms with Crippen molar-refractivity contribution in [3.63, 3.8) is 0 Å². The first kappa shape index (κ1) is 19.7. The molecule has 1 N–H and O–H groups in total. The number of rotatable bonds is 3. The highest BCUT2D eigenvalue weighted by Gasteiger charge is 2.48. The number of carbonyl (C=O) groups is 2. The molecule has 0 spiro atoms. The summed E-state index contributed by atoms with van der Waals surface area (Å²) in [5, 5.41) is 11.0. The fraction of sp³-hybridized carbons (Fsp3) is 0.200. The topological polar surface area (TPSA) is 70.8 Å². The molecule has 1 fully saturated rings. The zero-order valence-electron chi connectivity index (χ0n) is 17.4. The van der Waals surface area contributed by atoms with Gasteiger partial charge in [-0.1, -0.05) is 35.9 Å². The van der Waals surface area contributed by atoms with Crippen LogP contribution in [0.3, 0.4) is 0 Å². The molecule has 2 heterocycles. The van der Waals surface area contributed by atoms with Crippen molar-refractivity contribution in [3.05, 3.63) is 93.9 Å². The Morgan fingerprint density at radius 1 is 0.900 bits per heavy atom. The fourth-order valence-electron chi connectivity index (χ4n) is 3.71. The predicted octanol–water partition coefficient (Wildman–Crippen LogP) is 5.14. The summed E-state index contributed by atoms with van der Waals surface area (Å²) in [7, 11) is 0. The molecule has 1 aliphatic heterocycles. The predicted molar refractivity (Wildman–Crippen MR) is 115 cm³/mol. The highest BCUT2D eigenvalue weighted by Crippen LogP contribution is 2.42. The van der Waals surface area contributed by atoms with Gasteiger partial charge >= 0.3 is 0 Å². The smallest absolute Gasteiger partial charge is 0.300 e. The number of aryl methyl sites for hydroxylation is 4. The lowest BCUT2D eigenvalue weighted by molar-refractivity contribution is -0.132. The van der Waals surface area contributed by atoms with E-state index in [4.69, 9.17) is 4.42 Å². The SMILES string of the molecule is Cc1ccc(/C(O)=C2/C(=O)C(=O)N(c3ccc(C)c(C)c3)C2c2ccc(C)o2)cc1. The minimum atomic E-state index is -0.845. The van der Waals surface area contributed by atoms with Gasteiger partial charge in [0.25, 0.3) is 11.7 Å². The van der Waals surface area contributed by atoms with Gasteiger partial charge < -0.3 is 9.52 Å². The summed E-state index contributed by atoms with van der Waals surface area (Å²) in [4.78, 5) is 27.6. The van der Waals surface area contributed by atoms with E-state index >= 15 is 0 Å². The Bertz CT molecular complexity index is 1180. The van der Waals surface area contributed by atoms with Crippen LogP contribution >= 0.6 is 0 Å². The number of ketones is 1. The Kier molecular flexibility index (Phi) is 4.82. The average Bonchev–Trinajstić information content (AvgIpc) is 3.25. The number of hydrogen-bond acceptors (Lipinski definition) is 4. The minimum Gasteiger partial charge on any atom is -0.507 e. The first-order valence-electron chi connectivity index (χ1n) is 9.79. The monoisotopic (exact) mass is 401 g/mol. The Morgan fingerprint density at radius 2 is 1.60 bits per heavy atom. The Hall–Kier alpha value is -3.60. The number of benzene rings is 2. The van der Waals surface area contributed by atoms with Crippen LogP contribution in [0, 0.1) is 27.7 Å². The minimum absolute atomic E-state index is 0.0245. The van der Waals surface area contributed by atoms with E-state index in [0.717, 1.165) is 16.7 Å². The molecular weight excluding hydrogens is 378 g/mol. The third-order valence-corrected chi connectivity index (χ3v) is 5.57. The van der Waals surface area contributed by atoms with Crippen molar-refractivity contribution < 1.29 is 19.1 Å². The van der Waals surface area contributed by atoms with Crippen molar-refractivity contribution in [2.75, 3.05) is 4.90 Å². The Balaban J connectivity index is 1.94. The van der Waals surface area contributed by atoms with Crippen LogP contribution in [0.1, 0.15) is 39.8 Å². The zero-order valence-corrected chi connectivity index (χ0v) is 17.4. The lowest BCUT2D eigenvalue weighted by Gasteiger charge is -2.24. The second kappa shape index (κ2) is 7.34. The lowest BCUT2D eigenvalue weighted by Crippen LogP contribution is -2.29. The molecule has 0 radical (unpaired) electrons. The maximum absolute atomic E-state index is 13.1. The molecule has 1 aliphatic rings. The van der Waals surface area contributed by atoms with Crippen LogP contribution in [-0.2, 0) is 9.59 Å². The molecule has 1 aromatic heterocycles. The van der Waals surface area contributed by atoms with Gasteiger partial charge in [-0.15, -0.1) is 0 Å². The summed E-state index contributed by atoms with van der Waals surface area (Å²) in [6.45, 7) is 7.67.